The van der Waals surface area contributed by atoms with E-state index in [1.165, 1.54) is 0 Å². The fourth-order valence-electron chi connectivity index (χ4n) is 2.45. The Morgan fingerprint density at radius 2 is 2.00 bits per heavy atom. The fourth-order valence-corrected chi connectivity index (χ4v) is 2.45. The Hall–Kier alpha value is -0.290. The van der Waals surface area contributed by atoms with E-state index in [-0.39, 0.29) is 18.4 Å². The molecule has 0 spiro atoms. The smallest absolute Gasteiger partial charge is 0.330 e. The van der Waals surface area contributed by atoms with Crippen LogP contribution in [0.2, 0.25) is 0 Å². The molecule has 16 heavy (non-hydrogen) atoms. The molecule has 0 radical (unpaired) electrons. The molecule has 5 heteroatoms. The largest absolute Gasteiger partial charge is 0.404 e. The van der Waals surface area contributed by atoms with E-state index in [1.54, 1.807) is 4.90 Å². The van der Waals surface area contributed by atoms with Gasteiger partial charge in [0.2, 0.25) is 0 Å². The predicted octanol–water partition coefficient (Wildman–Crippen LogP) is 2.39. The summed E-state index contributed by atoms with van der Waals surface area (Å²) in [7, 11) is 0. The molecular formula is C11H21F3N2. The van der Waals surface area contributed by atoms with E-state index in [1.807, 2.05) is 13.8 Å². The molecule has 96 valence electrons. The molecule has 1 aliphatic heterocycles. The summed E-state index contributed by atoms with van der Waals surface area (Å²) in [4.78, 5) is 1.55. The maximum Gasteiger partial charge on any atom is 0.404 e. The molecule has 0 bridgehead atoms. The van der Waals surface area contributed by atoms with Crippen molar-refractivity contribution in [2.24, 2.45) is 11.1 Å². The zero-order valence-corrected chi connectivity index (χ0v) is 9.98. The molecule has 2 N–H and O–H groups in total. The maximum absolute atomic E-state index is 12.8. The molecule has 0 amide bonds. The third-order valence-electron chi connectivity index (χ3n) is 3.19. The lowest BCUT2D eigenvalue weighted by Crippen LogP contribution is -2.52. The maximum atomic E-state index is 12.8. The topological polar surface area (TPSA) is 29.3 Å². The van der Waals surface area contributed by atoms with Gasteiger partial charge in [-0.3, -0.25) is 4.90 Å². The van der Waals surface area contributed by atoms with E-state index in [4.69, 9.17) is 5.73 Å². The first-order valence-electron chi connectivity index (χ1n) is 5.77. The highest BCUT2D eigenvalue weighted by atomic mass is 19.4. The molecule has 0 aromatic rings. The van der Waals surface area contributed by atoms with Crippen LogP contribution >= 0.6 is 0 Å². The minimum absolute atomic E-state index is 0.000417. The second-order valence-corrected chi connectivity index (χ2v) is 5.37. The normalized spacial score (nSPS) is 24.4. The molecule has 1 fully saturated rings. The Morgan fingerprint density at radius 1 is 1.38 bits per heavy atom. The van der Waals surface area contributed by atoms with Crippen LogP contribution in [-0.2, 0) is 0 Å². The minimum Gasteiger partial charge on any atom is -0.330 e. The van der Waals surface area contributed by atoms with Crippen molar-refractivity contribution in [1.82, 2.24) is 4.90 Å². The summed E-state index contributed by atoms with van der Waals surface area (Å²) in [5.74, 6) is 0. The Morgan fingerprint density at radius 3 is 2.44 bits per heavy atom. The van der Waals surface area contributed by atoms with Crippen LogP contribution in [0.4, 0.5) is 13.2 Å². The van der Waals surface area contributed by atoms with Gasteiger partial charge >= 0.3 is 6.18 Å². The number of likely N-dealkylation sites (tertiary alicyclic amines) is 1. The van der Waals surface area contributed by atoms with Crippen molar-refractivity contribution in [3.63, 3.8) is 0 Å². The number of hydrogen-bond acceptors (Lipinski definition) is 2. The van der Waals surface area contributed by atoms with Crippen LogP contribution in [0.3, 0.4) is 0 Å². The van der Waals surface area contributed by atoms with Gasteiger partial charge in [0.15, 0.2) is 0 Å². The molecule has 0 saturated carbocycles. The van der Waals surface area contributed by atoms with E-state index in [0.29, 0.717) is 13.1 Å². The van der Waals surface area contributed by atoms with Crippen molar-refractivity contribution >= 4 is 0 Å². The average Bonchev–Trinajstić information content (AvgIpc) is 2.10. The van der Waals surface area contributed by atoms with E-state index in [9.17, 15) is 13.2 Å². The summed E-state index contributed by atoms with van der Waals surface area (Å²) in [5.41, 5.74) is 5.26. The summed E-state index contributed by atoms with van der Waals surface area (Å²) in [6.45, 7) is 5.18. The molecular weight excluding hydrogens is 217 g/mol. The zero-order chi connectivity index (χ0) is 12.4. The number of halogens is 3. The van der Waals surface area contributed by atoms with Gasteiger partial charge in [-0.15, -0.1) is 0 Å². The highest BCUT2D eigenvalue weighted by Crippen LogP contribution is 2.34. The van der Waals surface area contributed by atoms with Gasteiger partial charge in [0, 0.05) is 6.54 Å². The third kappa shape index (κ3) is 3.63. The highest BCUT2D eigenvalue weighted by Gasteiger charge is 2.44. The van der Waals surface area contributed by atoms with Crippen molar-refractivity contribution in [2.75, 3.05) is 19.6 Å². The average molecular weight is 238 g/mol. The SMILES string of the molecule is CC1(C)CCCN(C(CCN)C(F)(F)F)C1. The Bertz CT molecular complexity index is 226. The van der Waals surface area contributed by atoms with Crippen LogP contribution in [0.25, 0.3) is 0 Å². The third-order valence-corrected chi connectivity index (χ3v) is 3.19. The van der Waals surface area contributed by atoms with Crippen molar-refractivity contribution in [3.8, 4) is 0 Å². The Labute approximate surface area is 95.0 Å². The first kappa shape index (κ1) is 13.8. The van der Waals surface area contributed by atoms with Gasteiger partial charge in [-0.25, -0.2) is 0 Å². The van der Waals surface area contributed by atoms with Crippen LogP contribution in [0.15, 0.2) is 0 Å². The second-order valence-electron chi connectivity index (χ2n) is 5.37. The van der Waals surface area contributed by atoms with E-state index in [2.05, 4.69) is 0 Å². The minimum atomic E-state index is -4.16. The number of nitrogens with two attached hydrogens (primary N) is 1. The lowest BCUT2D eigenvalue weighted by Gasteiger charge is -2.42. The van der Waals surface area contributed by atoms with E-state index >= 15 is 0 Å². The molecule has 1 unspecified atom stereocenters. The molecule has 0 aliphatic carbocycles. The summed E-state index contributed by atoms with van der Waals surface area (Å²) < 4.78 is 38.5. The number of alkyl halides is 3. The van der Waals surface area contributed by atoms with Gasteiger partial charge in [0.25, 0.3) is 0 Å². The van der Waals surface area contributed by atoms with Crippen molar-refractivity contribution in [1.29, 1.82) is 0 Å². The van der Waals surface area contributed by atoms with Crippen molar-refractivity contribution in [2.45, 2.75) is 45.3 Å². The molecule has 1 rings (SSSR count). The zero-order valence-electron chi connectivity index (χ0n) is 9.98. The predicted molar refractivity (Wildman–Crippen MR) is 58.1 cm³/mol. The Balaban J connectivity index is 2.71. The fraction of sp³-hybridized carbons (Fsp3) is 1.00. The number of nitrogens with zero attached hydrogens (tertiary/aromatic N) is 1. The number of rotatable bonds is 3. The molecule has 2 nitrogen and oxygen atoms in total. The quantitative estimate of drug-likeness (QED) is 0.818. The van der Waals surface area contributed by atoms with Crippen LogP contribution in [0.1, 0.15) is 33.1 Å². The standard InChI is InChI=1S/C11H21F3N2/c1-10(2)5-3-7-16(8-10)9(4-6-15)11(12,13)14/h9H,3-8,15H2,1-2H3. The highest BCUT2D eigenvalue weighted by molar-refractivity contribution is 4.87. The second kappa shape index (κ2) is 4.92. The van der Waals surface area contributed by atoms with Crippen LogP contribution < -0.4 is 5.73 Å². The van der Waals surface area contributed by atoms with Crippen molar-refractivity contribution in [3.05, 3.63) is 0 Å². The molecule has 1 heterocycles. The lowest BCUT2D eigenvalue weighted by atomic mass is 9.83. The monoisotopic (exact) mass is 238 g/mol. The van der Waals surface area contributed by atoms with Gasteiger partial charge in [0.1, 0.15) is 6.04 Å². The van der Waals surface area contributed by atoms with Gasteiger partial charge in [-0.1, -0.05) is 13.8 Å². The summed E-state index contributed by atoms with van der Waals surface area (Å²) in [6, 6.07) is -1.36. The van der Waals surface area contributed by atoms with E-state index in [0.717, 1.165) is 12.8 Å². The van der Waals surface area contributed by atoms with Crippen LogP contribution in [0.5, 0.6) is 0 Å². The molecule has 1 saturated heterocycles. The molecule has 0 aromatic heterocycles. The van der Waals surface area contributed by atoms with Crippen molar-refractivity contribution < 1.29 is 13.2 Å². The van der Waals surface area contributed by atoms with Crippen LogP contribution in [-0.4, -0.2) is 36.8 Å². The first-order chi connectivity index (χ1) is 7.26. The van der Waals surface area contributed by atoms with Gasteiger partial charge in [0.05, 0.1) is 0 Å². The van der Waals surface area contributed by atoms with Crippen LogP contribution in [0, 0.1) is 5.41 Å². The number of hydrogen-bond donors (Lipinski definition) is 1. The molecule has 1 atom stereocenters. The van der Waals surface area contributed by atoms with Gasteiger partial charge < -0.3 is 5.73 Å². The summed E-state index contributed by atoms with van der Waals surface area (Å²) in [6.07, 6.45) is -2.33. The summed E-state index contributed by atoms with van der Waals surface area (Å²) in [5, 5.41) is 0. The van der Waals surface area contributed by atoms with Gasteiger partial charge in [-0.2, -0.15) is 13.2 Å². The molecule has 0 aromatic carbocycles. The molecule has 1 aliphatic rings. The first-order valence-corrected chi connectivity index (χ1v) is 5.77. The van der Waals surface area contributed by atoms with E-state index < -0.39 is 12.2 Å². The lowest BCUT2D eigenvalue weighted by molar-refractivity contribution is -0.191. The number of piperidine rings is 1. The Kier molecular flexibility index (Phi) is 4.23. The summed E-state index contributed by atoms with van der Waals surface area (Å²) >= 11 is 0. The van der Waals surface area contributed by atoms with Gasteiger partial charge in [-0.05, 0) is 37.8 Å².